The van der Waals surface area contributed by atoms with Crippen molar-refractivity contribution in [2.75, 3.05) is 31.1 Å². The monoisotopic (exact) mass is 364 g/mol. The Balaban J connectivity index is 1.64. The SMILES string of the molecule is O=C(c1ccnc(F)c1)N1CCN(c2ccc(Br)cn2)CC1. The van der Waals surface area contributed by atoms with Crippen molar-refractivity contribution in [3.63, 3.8) is 0 Å². The average molecular weight is 365 g/mol. The molecule has 0 unspecified atom stereocenters. The Morgan fingerprint density at radius 3 is 2.55 bits per heavy atom. The highest BCUT2D eigenvalue weighted by Gasteiger charge is 2.23. The summed E-state index contributed by atoms with van der Waals surface area (Å²) in [5.74, 6) is 0.0959. The molecule has 1 saturated heterocycles. The molecule has 0 aliphatic carbocycles. The Hall–Kier alpha value is -2.02. The molecule has 0 radical (unpaired) electrons. The van der Waals surface area contributed by atoms with E-state index in [4.69, 9.17) is 0 Å². The first-order valence-electron chi connectivity index (χ1n) is 6.91. The normalized spacial score (nSPS) is 15.0. The molecule has 7 heteroatoms. The molecular weight excluding hydrogens is 351 g/mol. The van der Waals surface area contributed by atoms with Gasteiger partial charge in [0.1, 0.15) is 5.82 Å². The molecule has 1 aliphatic rings. The van der Waals surface area contributed by atoms with Gasteiger partial charge in [-0.15, -0.1) is 0 Å². The standard InChI is InChI=1S/C15H14BrFN4O/c16-12-1-2-14(19-10-12)20-5-7-21(8-6-20)15(22)11-3-4-18-13(17)9-11/h1-4,9-10H,5-8H2. The fraction of sp³-hybridized carbons (Fsp3) is 0.267. The minimum atomic E-state index is -0.636. The van der Waals surface area contributed by atoms with Crippen molar-refractivity contribution >= 4 is 27.7 Å². The van der Waals surface area contributed by atoms with Crippen LogP contribution in [0, 0.1) is 5.95 Å². The Morgan fingerprint density at radius 1 is 1.14 bits per heavy atom. The van der Waals surface area contributed by atoms with E-state index in [1.807, 2.05) is 12.1 Å². The number of hydrogen-bond donors (Lipinski definition) is 0. The summed E-state index contributed by atoms with van der Waals surface area (Å²) in [5.41, 5.74) is 0.336. The summed E-state index contributed by atoms with van der Waals surface area (Å²) in [6.45, 7) is 2.57. The molecule has 2 aromatic heterocycles. The fourth-order valence-corrected chi connectivity index (χ4v) is 2.65. The van der Waals surface area contributed by atoms with E-state index in [1.54, 1.807) is 11.1 Å². The van der Waals surface area contributed by atoms with Crippen LogP contribution in [0.1, 0.15) is 10.4 Å². The molecule has 0 saturated carbocycles. The molecule has 2 aromatic rings. The van der Waals surface area contributed by atoms with Gasteiger partial charge < -0.3 is 9.80 Å². The van der Waals surface area contributed by atoms with Gasteiger partial charge in [0.25, 0.3) is 5.91 Å². The number of piperazine rings is 1. The first-order valence-corrected chi connectivity index (χ1v) is 7.70. The van der Waals surface area contributed by atoms with E-state index < -0.39 is 5.95 Å². The summed E-state index contributed by atoms with van der Waals surface area (Å²) in [6.07, 6.45) is 3.07. The lowest BCUT2D eigenvalue weighted by atomic mass is 10.2. The van der Waals surface area contributed by atoms with Gasteiger partial charge in [0, 0.05) is 54.7 Å². The number of halogens is 2. The maximum atomic E-state index is 13.1. The minimum absolute atomic E-state index is 0.162. The molecule has 0 spiro atoms. The predicted octanol–water partition coefficient (Wildman–Crippen LogP) is 2.34. The lowest BCUT2D eigenvalue weighted by molar-refractivity contribution is 0.0746. The van der Waals surface area contributed by atoms with Crippen molar-refractivity contribution in [1.82, 2.24) is 14.9 Å². The summed E-state index contributed by atoms with van der Waals surface area (Å²) >= 11 is 3.36. The Labute approximate surface area is 135 Å². The highest BCUT2D eigenvalue weighted by Crippen LogP contribution is 2.17. The molecule has 1 fully saturated rings. The zero-order valence-electron chi connectivity index (χ0n) is 11.7. The van der Waals surface area contributed by atoms with Gasteiger partial charge in [0.05, 0.1) is 0 Å². The van der Waals surface area contributed by atoms with Crippen LogP contribution in [0.4, 0.5) is 10.2 Å². The smallest absolute Gasteiger partial charge is 0.254 e. The molecule has 114 valence electrons. The molecule has 0 bridgehead atoms. The van der Waals surface area contributed by atoms with Crippen molar-refractivity contribution in [3.8, 4) is 0 Å². The second-order valence-corrected chi connectivity index (χ2v) is 5.90. The molecule has 5 nitrogen and oxygen atoms in total. The van der Waals surface area contributed by atoms with Crippen LogP contribution >= 0.6 is 15.9 Å². The number of carbonyl (C=O) groups excluding carboxylic acids is 1. The maximum Gasteiger partial charge on any atom is 0.254 e. The van der Waals surface area contributed by atoms with E-state index in [0.29, 0.717) is 31.7 Å². The number of nitrogens with zero attached hydrogens (tertiary/aromatic N) is 4. The lowest BCUT2D eigenvalue weighted by Crippen LogP contribution is -2.49. The van der Waals surface area contributed by atoms with Gasteiger partial charge in [0.15, 0.2) is 0 Å². The van der Waals surface area contributed by atoms with Gasteiger partial charge in [-0.1, -0.05) is 0 Å². The third-order valence-electron chi connectivity index (χ3n) is 3.58. The Bertz CT molecular complexity index is 671. The van der Waals surface area contributed by atoms with Gasteiger partial charge >= 0.3 is 0 Å². The van der Waals surface area contributed by atoms with Crippen LogP contribution in [0.25, 0.3) is 0 Å². The number of pyridine rings is 2. The van der Waals surface area contributed by atoms with Crippen LogP contribution < -0.4 is 4.90 Å². The molecule has 3 heterocycles. The molecule has 1 amide bonds. The van der Waals surface area contributed by atoms with Crippen LogP contribution in [0.3, 0.4) is 0 Å². The minimum Gasteiger partial charge on any atom is -0.353 e. The summed E-state index contributed by atoms with van der Waals surface area (Å²) in [4.78, 5) is 24.0. The van der Waals surface area contributed by atoms with E-state index in [-0.39, 0.29) is 5.91 Å². The third kappa shape index (κ3) is 3.24. The van der Waals surface area contributed by atoms with E-state index in [2.05, 4.69) is 30.8 Å². The number of amides is 1. The zero-order chi connectivity index (χ0) is 15.5. The second-order valence-electron chi connectivity index (χ2n) is 4.98. The van der Waals surface area contributed by atoms with Crippen LogP contribution in [-0.4, -0.2) is 47.0 Å². The molecule has 3 rings (SSSR count). The summed E-state index contributed by atoms with van der Waals surface area (Å²) in [7, 11) is 0. The fourth-order valence-electron chi connectivity index (χ4n) is 2.41. The van der Waals surface area contributed by atoms with E-state index in [1.165, 1.54) is 18.3 Å². The zero-order valence-corrected chi connectivity index (χ0v) is 13.3. The van der Waals surface area contributed by atoms with Gasteiger partial charge in [-0.3, -0.25) is 4.79 Å². The number of carbonyl (C=O) groups is 1. The summed E-state index contributed by atoms with van der Waals surface area (Å²) < 4.78 is 14.0. The lowest BCUT2D eigenvalue weighted by Gasteiger charge is -2.35. The molecule has 0 N–H and O–H groups in total. The highest BCUT2D eigenvalue weighted by molar-refractivity contribution is 9.10. The average Bonchev–Trinajstić information content (AvgIpc) is 2.55. The Kier molecular flexibility index (Phi) is 4.33. The predicted molar refractivity (Wildman–Crippen MR) is 84.2 cm³/mol. The largest absolute Gasteiger partial charge is 0.353 e. The van der Waals surface area contributed by atoms with Crippen molar-refractivity contribution < 1.29 is 9.18 Å². The number of rotatable bonds is 2. The van der Waals surface area contributed by atoms with Crippen LogP contribution in [0.2, 0.25) is 0 Å². The van der Waals surface area contributed by atoms with Crippen LogP contribution in [-0.2, 0) is 0 Å². The number of anilines is 1. The third-order valence-corrected chi connectivity index (χ3v) is 4.05. The molecule has 0 atom stereocenters. The maximum absolute atomic E-state index is 13.1. The number of hydrogen-bond acceptors (Lipinski definition) is 4. The van der Waals surface area contributed by atoms with Crippen molar-refractivity contribution in [3.05, 3.63) is 52.6 Å². The van der Waals surface area contributed by atoms with Gasteiger partial charge in [-0.2, -0.15) is 4.39 Å². The summed E-state index contributed by atoms with van der Waals surface area (Å²) in [5, 5.41) is 0. The second kappa shape index (κ2) is 6.39. The van der Waals surface area contributed by atoms with E-state index in [0.717, 1.165) is 10.3 Å². The molecule has 1 aliphatic heterocycles. The van der Waals surface area contributed by atoms with Gasteiger partial charge in [-0.25, -0.2) is 9.97 Å². The van der Waals surface area contributed by atoms with Crippen LogP contribution in [0.5, 0.6) is 0 Å². The first-order chi connectivity index (χ1) is 10.6. The van der Waals surface area contributed by atoms with E-state index in [9.17, 15) is 9.18 Å². The molecule has 0 aromatic carbocycles. The van der Waals surface area contributed by atoms with Gasteiger partial charge in [0.2, 0.25) is 5.95 Å². The first kappa shape index (κ1) is 14.9. The van der Waals surface area contributed by atoms with Crippen molar-refractivity contribution in [1.29, 1.82) is 0 Å². The summed E-state index contributed by atoms with van der Waals surface area (Å²) in [6, 6.07) is 6.60. The van der Waals surface area contributed by atoms with Crippen molar-refractivity contribution in [2.24, 2.45) is 0 Å². The van der Waals surface area contributed by atoms with Crippen molar-refractivity contribution in [2.45, 2.75) is 0 Å². The number of aromatic nitrogens is 2. The quantitative estimate of drug-likeness (QED) is 0.767. The Morgan fingerprint density at radius 2 is 1.91 bits per heavy atom. The molecule has 22 heavy (non-hydrogen) atoms. The molecular formula is C15H14BrFN4O. The highest BCUT2D eigenvalue weighted by atomic mass is 79.9. The van der Waals surface area contributed by atoms with E-state index >= 15 is 0 Å². The van der Waals surface area contributed by atoms with Crippen LogP contribution in [0.15, 0.2) is 41.1 Å². The van der Waals surface area contributed by atoms with Gasteiger partial charge in [-0.05, 0) is 34.1 Å². The topological polar surface area (TPSA) is 49.3 Å².